The van der Waals surface area contributed by atoms with E-state index in [0.29, 0.717) is 16.9 Å². The number of carbonyl (C=O) groups is 1. The molecule has 0 radical (unpaired) electrons. The molecular formula is C15H9N3O2S. The number of carbonyl (C=O) groups excluding carboxylic acids is 1. The molecule has 6 heteroatoms. The second-order valence-corrected chi connectivity index (χ2v) is 5.06. The van der Waals surface area contributed by atoms with E-state index in [9.17, 15) is 4.79 Å². The van der Waals surface area contributed by atoms with E-state index in [1.165, 1.54) is 18.0 Å². The number of hydrogen-bond donors (Lipinski definition) is 1. The number of nitrogens with one attached hydrogen (secondary N) is 1. The van der Waals surface area contributed by atoms with Crippen molar-refractivity contribution in [3.63, 3.8) is 0 Å². The number of ether oxygens (including phenoxy) is 1. The fourth-order valence-electron chi connectivity index (χ4n) is 1.83. The van der Waals surface area contributed by atoms with Crippen LogP contribution in [0, 0.1) is 11.3 Å². The van der Waals surface area contributed by atoms with Crippen LogP contribution in [0.3, 0.4) is 0 Å². The van der Waals surface area contributed by atoms with Crippen molar-refractivity contribution in [2.24, 2.45) is 5.10 Å². The SMILES string of the molecule is N#Cc1cccc(C(=O)Oc2ccc3c(c2)SNN=C3)c1. The molecule has 1 heterocycles. The summed E-state index contributed by atoms with van der Waals surface area (Å²) in [5, 5.41) is 12.8. The Morgan fingerprint density at radius 1 is 1.29 bits per heavy atom. The molecule has 3 rings (SSSR count). The largest absolute Gasteiger partial charge is 0.423 e. The second kappa shape index (κ2) is 5.69. The van der Waals surface area contributed by atoms with Gasteiger partial charge in [-0.3, -0.25) is 0 Å². The van der Waals surface area contributed by atoms with Crippen LogP contribution in [0.2, 0.25) is 0 Å². The zero-order chi connectivity index (χ0) is 14.7. The van der Waals surface area contributed by atoms with Crippen molar-refractivity contribution in [2.45, 2.75) is 4.90 Å². The van der Waals surface area contributed by atoms with Crippen LogP contribution in [0.15, 0.2) is 52.5 Å². The molecule has 5 nitrogen and oxygen atoms in total. The molecule has 1 aliphatic rings. The van der Waals surface area contributed by atoms with Gasteiger partial charge in [0.25, 0.3) is 0 Å². The van der Waals surface area contributed by atoms with Crippen LogP contribution in [0.4, 0.5) is 0 Å². The maximum absolute atomic E-state index is 12.1. The Bertz CT molecular complexity index is 781. The third-order valence-electron chi connectivity index (χ3n) is 2.83. The van der Waals surface area contributed by atoms with Crippen LogP contribution in [0.1, 0.15) is 21.5 Å². The number of esters is 1. The molecule has 0 unspecified atom stereocenters. The zero-order valence-electron chi connectivity index (χ0n) is 10.7. The number of hydrazone groups is 1. The minimum atomic E-state index is -0.491. The monoisotopic (exact) mass is 295 g/mol. The van der Waals surface area contributed by atoms with Gasteiger partial charge in [-0.05, 0) is 36.4 Å². The minimum Gasteiger partial charge on any atom is -0.423 e. The summed E-state index contributed by atoms with van der Waals surface area (Å²) in [7, 11) is 0. The minimum absolute atomic E-state index is 0.346. The van der Waals surface area contributed by atoms with E-state index in [4.69, 9.17) is 10.00 Å². The Morgan fingerprint density at radius 2 is 2.19 bits per heavy atom. The van der Waals surface area contributed by atoms with E-state index in [1.807, 2.05) is 12.1 Å². The lowest BCUT2D eigenvalue weighted by Crippen LogP contribution is -2.09. The van der Waals surface area contributed by atoms with Crippen molar-refractivity contribution in [1.82, 2.24) is 4.83 Å². The highest BCUT2D eigenvalue weighted by atomic mass is 32.2. The Hall–Kier alpha value is -2.78. The van der Waals surface area contributed by atoms with Crippen LogP contribution in [0.5, 0.6) is 5.75 Å². The molecule has 0 atom stereocenters. The van der Waals surface area contributed by atoms with Crippen molar-refractivity contribution < 1.29 is 9.53 Å². The summed E-state index contributed by atoms with van der Waals surface area (Å²) in [4.78, 5) is 15.8. The molecule has 0 spiro atoms. The first-order valence-electron chi connectivity index (χ1n) is 6.07. The summed E-state index contributed by atoms with van der Waals surface area (Å²) in [6, 6.07) is 13.7. The highest BCUT2D eigenvalue weighted by Crippen LogP contribution is 2.27. The fraction of sp³-hybridized carbons (Fsp3) is 0. The van der Waals surface area contributed by atoms with E-state index in [-0.39, 0.29) is 0 Å². The molecule has 1 N–H and O–H groups in total. The van der Waals surface area contributed by atoms with Crippen LogP contribution in [-0.2, 0) is 0 Å². The van der Waals surface area contributed by atoms with E-state index in [0.717, 1.165) is 10.5 Å². The van der Waals surface area contributed by atoms with Crippen LogP contribution >= 0.6 is 11.9 Å². The number of nitrogens with zero attached hydrogens (tertiary/aromatic N) is 2. The summed E-state index contributed by atoms with van der Waals surface area (Å²) < 4.78 is 5.33. The summed E-state index contributed by atoms with van der Waals surface area (Å²) in [5.41, 5.74) is 1.73. The van der Waals surface area contributed by atoms with Crippen LogP contribution in [-0.4, -0.2) is 12.2 Å². The number of fused-ring (bicyclic) bond motifs is 1. The molecule has 0 amide bonds. The van der Waals surface area contributed by atoms with Gasteiger partial charge in [-0.25, -0.2) is 9.63 Å². The third kappa shape index (κ3) is 2.88. The Labute approximate surface area is 125 Å². The molecule has 0 aliphatic carbocycles. The second-order valence-electron chi connectivity index (χ2n) is 4.23. The normalized spacial score (nSPS) is 12.0. The van der Waals surface area contributed by atoms with Gasteiger partial charge in [0.2, 0.25) is 0 Å². The number of hydrogen-bond acceptors (Lipinski definition) is 6. The van der Waals surface area contributed by atoms with Crippen molar-refractivity contribution in [3.05, 3.63) is 59.2 Å². The van der Waals surface area contributed by atoms with E-state index in [1.54, 1.807) is 36.5 Å². The quantitative estimate of drug-likeness (QED) is 0.524. The van der Waals surface area contributed by atoms with Gasteiger partial charge in [0, 0.05) is 22.4 Å². The molecule has 0 bridgehead atoms. The number of benzene rings is 2. The van der Waals surface area contributed by atoms with E-state index < -0.39 is 5.97 Å². The lowest BCUT2D eigenvalue weighted by molar-refractivity contribution is 0.0734. The average Bonchev–Trinajstić information content (AvgIpc) is 2.54. The lowest BCUT2D eigenvalue weighted by atomic mass is 10.1. The molecule has 2 aromatic carbocycles. The van der Waals surface area contributed by atoms with Crippen molar-refractivity contribution in [3.8, 4) is 11.8 Å². The van der Waals surface area contributed by atoms with E-state index >= 15 is 0 Å². The Balaban J connectivity index is 1.81. The van der Waals surface area contributed by atoms with Crippen LogP contribution < -0.4 is 9.57 Å². The standard InChI is InChI=1S/C15H9N3O2S/c16-8-10-2-1-3-11(6-10)15(19)20-13-5-4-12-9-17-18-21-14(12)7-13/h1-7,9,18H. The summed E-state index contributed by atoms with van der Waals surface area (Å²) in [5.74, 6) is -0.0415. The van der Waals surface area contributed by atoms with Gasteiger partial charge >= 0.3 is 5.97 Å². The molecule has 21 heavy (non-hydrogen) atoms. The number of nitriles is 1. The summed E-state index contributed by atoms with van der Waals surface area (Å²) >= 11 is 1.35. The van der Waals surface area contributed by atoms with Gasteiger partial charge in [0.05, 0.1) is 23.4 Å². The highest BCUT2D eigenvalue weighted by molar-refractivity contribution is 7.97. The molecule has 0 fully saturated rings. The molecule has 0 saturated heterocycles. The van der Waals surface area contributed by atoms with Crippen molar-refractivity contribution in [2.75, 3.05) is 0 Å². The molecule has 0 saturated carbocycles. The van der Waals surface area contributed by atoms with E-state index in [2.05, 4.69) is 9.93 Å². The first-order chi connectivity index (χ1) is 10.3. The average molecular weight is 295 g/mol. The zero-order valence-corrected chi connectivity index (χ0v) is 11.6. The maximum Gasteiger partial charge on any atom is 0.343 e. The van der Waals surface area contributed by atoms with Gasteiger partial charge in [0.15, 0.2) is 0 Å². The Kier molecular flexibility index (Phi) is 3.58. The van der Waals surface area contributed by atoms with Gasteiger partial charge in [-0.1, -0.05) is 6.07 Å². The van der Waals surface area contributed by atoms with Crippen LogP contribution in [0.25, 0.3) is 0 Å². The van der Waals surface area contributed by atoms with Crippen molar-refractivity contribution >= 4 is 24.1 Å². The molecule has 102 valence electrons. The topological polar surface area (TPSA) is 74.5 Å². The van der Waals surface area contributed by atoms with Crippen molar-refractivity contribution in [1.29, 1.82) is 5.26 Å². The maximum atomic E-state index is 12.1. The van der Waals surface area contributed by atoms with Gasteiger partial charge in [0.1, 0.15) is 5.75 Å². The summed E-state index contributed by atoms with van der Waals surface area (Å²) in [6.45, 7) is 0. The molecule has 2 aromatic rings. The first-order valence-corrected chi connectivity index (χ1v) is 6.89. The van der Waals surface area contributed by atoms with Gasteiger partial charge < -0.3 is 4.74 Å². The fourth-order valence-corrected chi connectivity index (χ4v) is 2.44. The van der Waals surface area contributed by atoms with Gasteiger partial charge in [-0.2, -0.15) is 10.4 Å². The third-order valence-corrected chi connectivity index (χ3v) is 3.61. The molecule has 0 aromatic heterocycles. The highest BCUT2D eigenvalue weighted by Gasteiger charge is 2.12. The van der Waals surface area contributed by atoms with Gasteiger partial charge in [-0.15, -0.1) is 0 Å². The predicted molar refractivity (Wildman–Crippen MR) is 79.1 cm³/mol. The predicted octanol–water partition coefficient (Wildman–Crippen LogP) is 2.72. The molecule has 1 aliphatic heterocycles. The smallest absolute Gasteiger partial charge is 0.343 e. The lowest BCUT2D eigenvalue weighted by Gasteiger charge is -2.11. The summed E-state index contributed by atoms with van der Waals surface area (Å²) in [6.07, 6.45) is 1.70. The Morgan fingerprint density at radius 3 is 3.05 bits per heavy atom. The molecular weight excluding hydrogens is 286 g/mol. The number of rotatable bonds is 2. The first kappa shape index (κ1) is 13.2.